The summed E-state index contributed by atoms with van der Waals surface area (Å²) in [6, 6.07) is 8.40. The SMILES string of the molecule is COc1cccc(C2(C)CC2)c1. The molecule has 0 amide bonds. The second-order valence-corrected chi connectivity index (χ2v) is 3.79. The molecule has 2 rings (SSSR count). The number of benzene rings is 1. The summed E-state index contributed by atoms with van der Waals surface area (Å²) in [5.74, 6) is 0.973. The molecule has 1 saturated carbocycles. The summed E-state index contributed by atoms with van der Waals surface area (Å²) in [6.07, 6.45) is 2.64. The summed E-state index contributed by atoms with van der Waals surface area (Å²) in [5, 5.41) is 0. The molecule has 0 radical (unpaired) electrons. The average Bonchev–Trinajstić information content (AvgIpc) is 2.85. The monoisotopic (exact) mass is 162 g/mol. The molecule has 0 bridgehead atoms. The fourth-order valence-electron chi connectivity index (χ4n) is 1.47. The molecule has 0 N–H and O–H groups in total. The lowest BCUT2D eigenvalue weighted by atomic mass is 9.98. The van der Waals surface area contributed by atoms with E-state index in [0.29, 0.717) is 5.41 Å². The predicted octanol–water partition coefficient (Wildman–Crippen LogP) is 2.75. The maximum absolute atomic E-state index is 5.18. The van der Waals surface area contributed by atoms with Crippen LogP contribution in [0.4, 0.5) is 0 Å². The van der Waals surface area contributed by atoms with E-state index in [9.17, 15) is 0 Å². The van der Waals surface area contributed by atoms with Crippen LogP contribution in [0.3, 0.4) is 0 Å². The molecule has 1 fully saturated rings. The van der Waals surface area contributed by atoms with Gasteiger partial charge in [0.2, 0.25) is 0 Å². The topological polar surface area (TPSA) is 9.23 Å². The fraction of sp³-hybridized carbons (Fsp3) is 0.455. The molecular weight excluding hydrogens is 148 g/mol. The van der Waals surface area contributed by atoms with Crippen LogP contribution in [0, 0.1) is 0 Å². The number of rotatable bonds is 2. The highest BCUT2D eigenvalue weighted by Gasteiger charge is 2.38. The van der Waals surface area contributed by atoms with E-state index in [-0.39, 0.29) is 0 Å². The van der Waals surface area contributed by atoms with Crippen LogP contribution < -0.4 is 4.74 Å². The molecule has 1 heteroatoms. The van der Waals surface area contributed by atoms with Crippen LogP contribution in [0.15, 0.2) is 24.3 Å². The van der Waals surface area contributed by atoms with E-state index < -0.39 is 0 Å². The fourth-order valence-corrected chi connectivity index (χ4v) is 1.47. The highest BCUT2D eigenvalue weighted by molar-refractivity contribution is 5.36. The Morgan fingerprint density at radius 1 is 1.33 bits per heavy atom. The highest BCUT2D eigenvalue weighted by atomic mass is 16.5. The molecule has 0 heterocycles. The molecule has 0 atom stereocenters. The molecule has 0 aromatic heterocycles. The Morgan fingerprint density at radius 2 is 2.08 bits per heavy atom. The van der Waals surface area contributed by atoms with Crippen LogP contribution in [-0.2, 0) is 5.41 Å². The molecule has 1 nitrogen and oxygen atoms in total. The van der Waals surface area contributed by atoms with Gasteiger partial charge in [0, 0.05) is 0 Å². The van der Waals surface area contributed by atoms with Crippen molar-refractivity contribution in [3.05, 3.63) is 29.8 Å². The molecule has 1 aliphatic carbocycles. The van der Waals surface area contributed by atoms with Crippen LogP contribution in [-0.4, -0.2) is 7.11 Å². The van der Waals surface area contributed by atoms with Gasteiger partial charge in [-0.05, 0) is 36.0 Å². The molecule has 64 valence electrons. The van der Waals surface area contributed by atoms with Gasteiger partial charge in [0.1, 0.15) is 5.75 Å². The van der Waals surface area contributed by atoms with Gasteiger partial charge in [0.05, 0.1) is 7.11 Å². The minimum absolute atomic E-state index is 0.453. The summed E-state index contributed by atoms with van der Waals surface area (Å²) in [6.45, 7) is 2.31. The van der Waals surface area contributed by atoms with Crippen molar-refractivity contribution >= 4 is 0 Å². The van der Waals surface area contributed by atoms with Crippen LogP contribution >= 0.6 is 0 Å². The van der Waals surface area contributed by atoms with E-state index in [1.165, 1.54) is 18.4 Å². The van der Waals surface area contributed by atoms with E-state index in [1.54, 1.807) is 7.11 Å². The van der Waals surface area contributed by atoms with E-state index in [4.69, 9.17) is 4.74 Å². The minimum atomic E-state index is 0.453. The van der Waals surface area contributed by atoms with Crippen molar-refractivity contribution in [2.45, 2.75) is 25.2 Å². The molecule has 0 aliphatic heterocycles. The largest absolute Gasteiger partial charge is 0.497 e. The normalized spacial score (nSPS) is 18.8. The smallest absolute Gasteiger partial charge is 0.119 e. The molecule has 12 heavy (non-hydrogen) atoms. The van der Waals surface area contributed by atoms with Gasteiger partial charge in [-0.2, -0.15) is 0 Å². The van der Waals surface area contributed by atoms with Crippen LogP contribution in [0.1, 0.15) is 25.3 Å². The Labute approximate surface area is 73.4 Å². The first-order valence-electron chi connectivity index (χ1n) is 4.39. The first-order valence-corrected chi connectivity index (χ1v) is 4.39. The van der Waals surface area contributed by atoms with Crippen molar-refractivity contribution in [2.24, 2.45) is 0 Å². The zero-order valence-electron chi connectivity index (χ0n) is 7.63. The van der Waals surface area contributed by atoms with Crippen molar-refractivity contribution in [1.82, 2.24) is 0 Å². The highest BCUT2D eigenvalue weighted by Crippen LogP contribution is 2.48. The third-order valence-electron chi connectivity index (χ3n) is 2.77. The third kappa shape index (κ3) is 1.20. The standard InChI is InChI=1S/C11H14O/c1-11(6-7-11)9-4-3-5-10(8-9)12-2/h3-5,8H,6-7H2,1-2H3. The Hall–Kier alpha value is -0.980. The van der Waals surface area contributed by atoms with E-state index in [1.807, 2.05) is 6.07 Å². The first kappa shape index (κ1) is 7.66. The number of methoxy groups -OCH3 is 1. The lowest BCUT2D eigenvalue weighted by Gasteiger charge is -2.09. The molecule has 0 saturated heterocycles. The van der Waals surface area contributed by atoms with Crippen molar-refractivity contribution in [2.75, 3.05) is 7.11 Å². The van der Waals surface area contributed by atoms with Crippen LogP contribution in [0.5, 0.6) is 5.75 Å². The van der Waals surface area contributed by atoms with Crippen molar-refractivity contribution in [3.63, 3.8) is 0 Å². The Bertz CT molecular complexity index is 287. The van der Waals surface area contributed by atoms with Gasteiger partial charge in [-0.25, -0.2) is 0 Å². The van der Waals surface area contributed by atoms with Gasteiger partial charge in [-0.3, -0.25) is 0 Å². The first-order chi connectivity index (χ1) is 5.74. The summed E-state index contributed by atoms with van der Waals surface area (Å²) in [5.41, 5.74) is 1.87. The predicted molar refractivity (Wildman–Crippen MR) is 49.6 cm³/mol. The van der Waals surface area contributed by atoms with Crippen LogP contribution in [0.2, 0.25) is 0 Å². The number of ether oxygens (including phenoxy) is 1. The Morgan fingerprint density at radius 3 is 2.67 bits per heavy atom. The second-order valence-electron chi connectivity index (χ2n) is 3.79. The molecule has 0 spiro atoms. The van der Waals surface area contributed by atoms with Gasteiger partial charge in [-0.1, -0.05) is 19.1 Å². The zero-order valence-corrected chi connectivity index (χ0v) is 7.63. The van der Waals surface area contributed by atoms with Gasteiger partial charge >= 0.3 is 0 Å². The zero-order chi connectivity index (χ0) is 8.60. The lowest BCUT2D eigenvalue weighted by Crippen LogP contribution is -1.99. The molecule has 1 aliphatic rings. The quantitative estimate of drug-likeness (QED) is 0.649. The Kier molecular flexibility index (Phi) is 1.60. The summed E-state index contributed by atoms with van der Waals surface area (Å²) in [4.78, 5) is 0. The maximum Gasteiger partial charge on any atom is 0.119 e. The Balaban J connectivity index is 2.32. The van der Waals surface area contributed by atoms with Gasteiger partial charge in [0.25, 0.3) is 0 Å². The minimum Gasteiger partial charge on any atom is -0.497 e. The van der Waals surface area contributed by atoms with Crippen LogP contribution in [0.25, 0.3) is 0 Å². The lowest BCUT2D eigenvalue weighted by molar-refractivity contribution is 0.414. The van der Waals surface area contributed by atoms with E-state index in [0.717, 1.165) is 5.75 Å². The number of hydrogen-bond acceptors (Lipinski definition) is 1. The number of hydrogen-bond donors (Lipinski definition) is 0. The summed E-state index contributed by atoms with van der Waals surface area (Å²) in [7, 11) is 1.72. The average molecular weight is 162 g/mol. The summed E-state index contributed by atoms with van der Waals surface area (Å²) >= 11 is 0. The van der Waals surface area contributed by atoms with Gasteiger partial charge in [-0.15, -0.1) is 0 Å². The van der Waals surface area contributed by atoms with Gasteiger partial charge < -0.3 is 4.74 Å². The van der Waals surface area contributed by atoms with Crippen molar-refractivity contribution < 1.29 is 4.74 Å². The van der Waals surface area contributed by atoms with Gasteiger partial charge in [0.15, 0.2) is 0 Å². The van der Waals surface area contributed by atoms with E-state index in [2.05, 4.69) is 25.1 Å². The van der Waals surface area contributed by atoms with Crippen molar-refractivity contribution in [3.8, 4) is 5.75 Å². The van der Waals surface area contributed by atoms with Crippen molar-refractivity contribution in [1.29, 1.82) is 0 Å². The third-order valence-corrected chi connectivity index (χ3v) is 2.77. The molecular formula is C11H14O. The molecule has 1 aromatic rings. The molecule has 1 aromatic carbocycles. The molecule has 0 unspecified atom stereocenters. The second kappa shape index (κ2) is 2.51. The summed E-state index contributed by atoms with van der Waals surface area (Å²) < 4.78 is 5.18. The maximum atomic E-state index is 5.18. The van der Waals surface area contributed by atoms with E-state index >= 15 is 0 Å².